The van der Waals surface area contributed by atoms with Crippen LogP contribution in [0.3, 0.4) is 0 Å². The molecule has 1 unspecified atom stereocenters. The number of carbonyl (C=O) groups is 1. The number of likely N-dealkylation sites (tertiary alicyclic amines) is 1. The third-order valence-corrected chi connectivity index (χ3v) is 6.24. The summed E-state index contributed by atoms with van der Waals surface area (Å²) in [5.41, 5.74) is 0.762. The van der Waals surface area contributed by atoms with Crippen LogP contribution in [0.2, 0.25) is 0 Å². The quantitative estimate of drug-likeness (QED) is 0.489. The zero-order valence-corrected chi connectivity index (χ0v) is 18.3. The van der Waals surface area contributed by atoms with Crippen LogP contribution >= 0.6 is 11.3 Å². The number of unbranched alkanes of at least 4 members (excludes halogenated alkanes) is 1. The number of thiazole rings is 1. The number of benzene rings is 1. The number of rotatable bonds is 8. The first-order valence-electron chi connectivity index (χ1n) is 10.6. The largest absolute Gasteiger partial charge is 0.463 e. The van der Waals surface area contributed by atoms with Crippen LogP contribution in [-0.2, 0) is 4.74 Å². The van der Waals surface area contributed by atoms with Crippen molar-refractivity contribution in [2.75, 3.05) is 19.7 Å². The van der Waals surface area contributed by atoms with E-state index in [0.29, 0.717) is 31.4 Å². The predicted molar refractivity (Wildman–Crippen MR) is 115 cm³/mol. The molecule has 31 heavy (non-hydrogen) atoms. The molecule has 0 aliphatic carbocycles. The third-order valence-electron chi connectivity index (χ3n) is 5.21. The highest BCUT2D eigenvalue weighted by molar-refractivity contribution is 7.09. The second kappa shape index (κ2) is 10.3. The maximum absolute atomic E-state index is 12.2. The standard InChI is InChI=1S/C21H26N6O3S/c1-2-3-13-29-21(28)26-11-9-16(10-12-26)19-23-18(14-31-19)20(27-15-22-24-25-27)30-17-7-5-4-6-8-17/h4-8,14-16,20H,2-3,9-13H2,1H3. The lowest BCUT2D eigenvalue weighted by molar-refractivity contribution is 0.0915. The maximum Gasteiger partial charge on any atom is 0.409 e. The van der Waals surface area contributed by atoms with Crippen molar-refractivity contribution in [2.24, 2.45) is 0 Å². The molecule has 1 aliphatic rings. The average molecular weight is 443 g/mol. The zero-order valence-electron chi connectivity index (χ0n) is 17.5. The molecule has 10 heteroatoms. The van der Waals surface area contributed by atoms with Crippen molar-refractivity contribution < 1.29 is 14.3 Å². The Morgan fingerprint density at radius 2 is 2.06 bits per heavy atom. The van der Waals surface area contributed by atoms with E-state index >= 15 is 0 Å². The lowest BCUT2D eigenvalue weighted by Crippen LogP contribution is -2.38. The van der Waals surface area contributed by atoms with Crippen LogP contribution in [0.1, 0.15) is 55.5 Å². The number of nitrogens with zero attached hydrogens (tertiary/aromatic N) is 6. The van der Waals surface area contributed by atoms with E-state index in [2.05, 4.69) is 22.4 Å². The fourth-order valence-electron chi connectivity index (χ4n) is 3.46. The number of hydrogen-bond acceptors (Lipinski definition) is 8. The molecule has 1 amide bonds. The summed E-state index contributed by atoms with van der Waals surface area (Å²) in [4.78, 5) is 18.8. The fraction of sp³-hybridized carbons (Fsp3) is 0.476. The predicted octanol–water partition coefficient (Wildman–Crippen LogP) is 3.87. The summed E-state index contributed by atoms with van der Waals surface area (Å²) >= 11 is 1.61. The monoisotopic (exact) mass is 442 g/mol. The van der Waals surface area contributed by atoms with Gasteiger partial charge in [0.25, 0.3) is 0 Å². The summed E-state index contributed by atoms with van der Waals surface area (Å²) in [6.45, 7) is 3.93. The number of aromatic nitrogens is 5. The summed E-state index contributed by atoms with van der Waals surface area (Å²) < 4.78 is 13.0. The van der Waals surface area contributed by atoms with E-state index in [9.17, 15) is 4.79 Å². The molecular formula is C21H26N6O3S. The highest BCUT2D eigenvalue weighted by Gasteiger charge is 2.28. The minimum absolute atomic E-state index is 0.207. The number of amides is 1. The molecule has 3 aromatic rings. The smallest absolute Gasteiger partial charge is 0.409 e. The van der Waals surface area contributed by atoms with Gasteiger partial charge in [0.1, 0.15) is 17.8 Å². The highest BCUT2D eigenvalue weighted by Crippen LogP contribution is 2.33. The number of ether oxygens (including phenoxy) is 2. The van der Waals surface area contributed by atoms with Crippen molar-refractivity contribution in [1.82, 2.24) is 30.1 Å². The van der Waals surface area contributed by atoms with Crippen molar-refractivity contribution >= 4 is 17.4 Å². The van der Waals surface area contributed by atoms with E-state index in [0.717, 1.165) is 36.4 Å². The Bertz CT molecular complexity index is 941. The molecule has 1 aromatic carbocycles. The first kappa shape index (κ1) is 21.2. The van der Waals surface area contributed by atoms with Crippen LogP contribution in [0.25, 0.3) is 0 Å². The van der Waals surface area contributed by atoms with Crippen LogP contribution in [0.5, 0.6) is 5.75 Å². The Kier molecular flexibility index (Phi) is 7.08. The molecule has 0 spiro atoms. The van der Waals surface area contributed by atoms with Gasteiger partial charge in [-0.15, -0.1) is 16.4 Å². The van der Waals surface area contributed by atoms with Gasteiger partial charge in [0.05, 0.1) is 11.6 Å². The minimum atomic E-state index is -0.545. The van der Waals surface area contributed by atoms with Gasteiger partial charge in [-0.1, -0.05) is 31.5 Å². The van der Waals surface area contributed by atoms with Crippen molar-refractivity contribution in [2.45, 2.75) is 44.8 Å². The van der Waals surface area contributed by atoms with Gasteiger partial charge in [0.15, 0.2) is 0 Å². The van der Waals surface area contributed by atoms with Crippen molar-refractivity contribution in [3.05, 3.63) is 52.7 Å². The topological polar surface area (TPSA) is 95.3 Å². The Balaban J connectivity index is 1.40. The Morgan fingerprint density at radius 3 is 2.77 bits per heavy atom. The van der Waals surface area contributed by atoms with E-state index in [-0.39, 0.29) is 6.09 Å². The molecule has 2 aromatic heterocycles. The van der Waals surface area contributed by atoms with Crippen LogP contribution in [-0.4, -0.2) is 55.9 Å². The van der Waals surface area contributed by atoms with Crippen molar-refractivity contribution in [3.8, 4) is 5.75 Å². The molecule has 1 aliphatic heterocycles. The zero-order chi connectivity index (χ0) is 21.5. The molecule has 0 N–H and O–H groups in total. The first-order valence-corrected chi connectivity index (χ1v) is 11.4. The van der Waals surface area contributed by atoms with E-state index in [4.69, 9.17) is 14.5 Å². The molecule has 1 atom stereocenters. The molecule has 0 bridgehead atoms. The minimum Gasteiger partial charge on any atom is -0.463 e. The molecule has 3 heterocycles. The second-order valence-corrected chi connectivity index (χ2v) is 8.30. The van der Waals surface area contributed by atoms with Crippen LogP contribution in [0.4, 0.5) is 4.79 Å². The van der Waals surface area contributed by atoms with E-state index in [1.807, 2.05) is 35.7 Å². The summed E-state index contributed by atoms with van der Waals surface area (Å²) in [7, 11) is 0. The lowest BCUT2D eigenvalue weighted by Gasteiger charge is -2.30. The van der Waals surface area contributed by atoms with Crippen LogP contribution in [0, 0.1) is 0 Å². The van der Waals surface area contributed by atoms with Crippen molar-refractivity contribution in [1.29, 1.82) is 0 Å². The number of hydrogen-bond donors (Lipinski definition) is 0. The molecule has 0 radical (unpaired) electrons. The van der Waals surface area contributed by atoms with Gasteiger partial charge >= 0.3 is 6.09 Å². The van der Waals surface area contributed by atoms with Gasteiger partial charge < -0.3 is 14.4 Å². The molecule has 0 saturated carbocycles. The Morgan fingerprint density at radius 1 is 1.26 bits per heavy atom. The van der Waals surface area contributed by atoms with E-state index in [1.54, 1.807) is 20.9 Å². The van der Waals surface area contributed by atoms with Crippen LogP contribution in [0.15, 0.2) is 42.0 Å². The highest BCUT2D eigenvalue weighted by atomic mass is 32.1. The summed E-state index contributed by atoms with van der Waals surface area (Å²) in [6.07, 6.45) is 4.42. The van der Waals surface area contributed by atoms with Gasteiger partial charge in [-0.3, -0.25) is 0 Å². The molecule has 164 valence electrons. The lowest BCUT2D eigenvalue weighted by atomic mass is 9.98. The molecule has 4 rings (SSSR count). The van der Waals surface area contributed by atoms with Gasteiger partial charge in [-0.25, -0.2) is 9.78 Å². The van der Waals surface area contributed by atoms with Gasteiger partial charge in [0.2, 0.25) is 6.23 Å². The van der Waals surface area contributed by atoms with Gasteiger partial charge in [-0.2, -0.15) is 4.68 Å². The average Bonchev–Trinajstić information content (AvgIpc) is 3.51. The normalized spacial score (nSPS) is 15.6. The summed E-state index contributed by atoms with van der Waals surface area (Å²) in [6, 6.07) is 9.55. The molecule has 1 fully saturated rings. The number of carbonyl (C=O) groups excluding carboxylic acids is 1. The van der Waals surface area contributed by atoms with E-state index in [1.165, 1.54) is 6.33 Å². The number of para-hydroxylation sites is 1. The number of tetrazole rings is 1. The molecule has 9 nitrogen and oxygen atoms in total. The van der Waals surface area contributed by atoms with Crippen LogP contribution < -0.4 is 4.74 Å². The Hall–Kier alpha value is -3.01. The maximum atomic E-state index is 12.2. The first-order chi connectivity index (χ1) is 15.2. The molecular weight excluding hydrogens is 416 g/mol. The second-order valence-electron chi connectivity index (χ2n) is 7.41. The summed E-state index contributed by atoms with van der Waals surface area (Å²) in [5, 5.41) is 14.5. The van der Waals surface area contributed by atoms with E-state index < -0.39 is 6.23 Å². The van der Waals surface area contributed by atoms with Gasteiger partial charge in [0, 0.05) is 24.4 Å². The Labute approximate surface area is 185 Å². The fourth-order valence-corrected chi connectivity index (χ4v) is 4.46. The SMILES string of the molecule is CCCCOC(=O)N1CCC(c2nc(C(Oc3ccccc3)n3cnnn3)cs2)CC1. The van der Waals surface area contributed by atoms with Gasteiger partial charge in [-0.05, 0) is 41.8 Å². The molecule has 1 saturated heterocycles. The third kappa shape index (κ3) is 5.38. The summed E-state index contributed by atoms with van der Waals surface area (Å²) in [5.74, 6) is 1.03. The van der Waals surface area contributed by atoms with Crippen molar-refractivity contribution in [3.63, 3.8) is 0 Å². The number of piperidine rings is 1.